The lowest BCUT2D eigenvalue weighted by molar-refractivity contribution is -0.385. The molecule has 4 saturated carbocycles. The summed E-state index contributed by atoms with van der Waals surface area (Å²) in [4.78, 5) is 23.7. The van der Waals surface area contributed by atoms with Crippen LogP contribution in [0.15, 0.2) is 30.5 Å². The minimum atomic E-state index is -0.694. The van der Waals surface area contributed by atoms with E-state index in [0.29, 0.717) is 17.8 Å². The molecule has 0 radical (unpaired) electrons. The Morgan fingerprint density at radius 1 is 1.21 bits per heavy atom. The Hall–Kier alpha value is -2.77. The molecule has 0 spiro atoms. The molecule has 1 amide bonds. The Morgan fingerprint density at radius 2 is 1.86 bits per heavy atom. The average Bonchev–Trinajstić information content (AvgIpc) is 3.07. The van der Waals surface area contributed by atoms with Crippen molar-refractivity contribution in [2.75, 3.05) is 5.32 Å². The lowest BCUT2D eigenvalue weighted by Crippen LogP contribution is -2.52. The fourth-order valence-corrected chi connectivity index (χ4v) is 6.01. The molecular weight excluding hydrogens is 363 g/mol. The Bertz CT molecular complexity index is 935. The van der Waals surface area contributed by atoms with Crippen molar-refractivity contribution in [3.63, 3.8) is 0 Å². The first-order chi connectivity index (χ1) is 13.4. The van der Waals surface area contributed by atoms with Gasteiger partial charge in [-0.15, -0.1) is 0 Å². The van der Waals surface area contributed by atoms with E-state index >= 15 is 0 Å². The number of rotatable bonds is 4. The smallest absolute Gasteiger partial charge is 0.320 e. The maximum atomic E-state index is 13.4. The number of halogens is 1. The maximum absolute atomic E-state index is 13.4. The van der Waals surface area contributed by atoms with Gasteiger partial charge in [-0.25, -0.2) is 4.39 Å². The molecule has 1 aromatic carbocycles. The zero-order chi connectivity index (χ0) is 19.5. The van der Waals surface area contributed by atoms with Gasteiger partial charge in [0.25, 0.3) is 5.91 Å². The van der Waals surface area contributed by atoms with Gasteiger partial charge in [0.05, 0.1) is 10.5 Å². The third-order valence-electron chi connectivity index (χ3n) is 6.68. The fraction of sp³-hybridized carbons (Fsp3) is 0.500. The molecule has 4 aliphatic carbocycles. The number of benzene rings is 1. The summed E-state index contributed by atoms with van der Waals surface area (Å²) in [5.74, 6) is 0.768. The van der Waals surface area contributed by atoms with Gasteiger partial charge in [-0.2, -0.15) is 5.10 Å². The van der Waals surface area contributed by atoms with E-state index in [1.54, 1.807) is 4.68 Å². The van der Waals surface area contributed by atoms with Gasteiger partial charge in [0, 0.05) is 5.69 Å². The molecule has 1 heterocycles. The number of hydrogen-bond acceptors (Lipinski definition) is 4. The summed E-state index contributed by atoms with van der Waals surface area (Å²) in [5.41, 5.74) is -0.491. The van der Waals surface area contributed by atoms with Gasteiger partial charge in [0.1, 0.15) is 12.0 Å². The molecule has 7 nitrogen and oxygen atoms in total. The number of anilines is 1. The Labute approximate surface area is 161 Å². The van der Waals surface area contributed by atoms with Crippen molar-refractivity contribution >= 4 is 17.3 Å². The van der Waals surface area contributed by atoms with E-state index in [1.807, 2.05) is 0 Å². The summed E-state index contributed by atoms with van der Waals surface area (Å²) in [6.07, 6.45) is 8.09. The Balaban J connectivity index is 1.49. The zero-order valence-electron chi connectivity index (χ0n) is 15.3. The Morgan fingerprint density at radius 3 is 2.43 bits per heavy atom. The van der Waals surface area contributed by atoms with E-state index in [4.69, 9.17) is 0 Å². The molecule has 0 unspecified atom stereocenters. The van der Waals surface area contributed by atoms with Crippen molar-refractivity contribution in [3.8, 4) is 0 Å². The second-order valence-corrected chi connectivity index (χ2v) is 8.67. The van der Waals surface area contributed by atoms with Crippen molar-refractivity contribution in [2.24, 2.45) is 17.8 Å². The molecule has 146 valence electrons. The van der Waals surface area contributed by atoms with Crippen LogP contribution in [-0.2, 0) is 5.54 Å². The maximum Gasteiger partial charge on any atom is 0.320 e. The van der Waals surface area contributed by atoms with E-state index in [0.717, 1.165) is 19.3 Å². The number of nitrogens with zero attached hydrogens (tertiary/aromatic N) is 3. The second-order valence-electron chi connectivity index (χ2n) is 8.67. The van der Waals surface area contributed by atoms with Crippen LogP contribution in [0.3, 0.4) is 0 Å². The first-order valence-electron chi connectivity index (χ1n) is 9.73. The van der Waals surface area contributed by atoms with Crippen LogP contribution < -0.4 is 5.32 Å². The third-order valence-corrected chi connectivity index (χ3v) is 6.68. The fourth-order valence-electron chi connectivity index (χ4n) is 6.01. The van der Waals surface area contributed by atoms with E-state index in [-0.39, 0.29) is 22.6 Å². The molecule has 1 aromatic heterocycles. The van der Waals surface area contributed by atoms with Crippen molar-refractivity contribution < 1.29 is 14.1 Å². The van der Waals surface area contributed by atoms with Gasteiger partial charge in [0.2, 0.25) is 5.69 Å². The largest absolute Gasteiger partial charge is 0.320 e. The number of aromatic nitrogens is 2. The van der Waals surface area contributed by atoms with Crippen LogP contribution in [-0.4, -0.2) is 20.6 Å². The standard InChI is InChI=1S/C20H21FN4O3/c21-15-2-1-3-16(7-15)22-19(26)18-17(25(27)28)11-24(23-18)20-8-12-4-13(9-20)6-14(5-12)10-20/h1-3,7,11-14H,4-6,8-10H2,(H,22,26). The summed E-state index contributed by atoms with van der Waals surface area (Å²) in [6.45, 7) is 0. The molecule has 1 N–H and O–H groups in total. The number of hydrogen-bond donors (Lipinski definition) is 1. The minimum absolute atomic E-state index is 0.211. The zero-order valence-corrected chi connectivity index (χ0v) is 15.3. The lowest BCUT2D eigenvalue weighted by atomic mass is 9.53. The molecule has 4 fully saturated rings. The first kappa shape index (κ1) is 17.3. The summed E-state index contributed by atoms with van der Waals surface area (Å²) in [5, 5.41) is 18.5. The number of nitro groups is 1. The average molecular weight is 384 g/mol. The van der Waals surface area contributed by atoms with Gasteiger partial charge in [-0.1, -0.05) is 6.07 Å². The van der Waals surface area contributed by atoms with Gasteiger partial charge >= 0.3 is 5.69 Å². The van der Waals surface area contributed by atoms with Crippen LogP contribution in [0.5, 0.6) is 0 Å². The molecule has 0 saturated heterocycles. The molecule has 0 aliphatic heterocycles. The van der Waals surface area contributed by atoms with Gasteiger partial charge in [0.15, 0.2) is 0 Å². The van der Waals surface area contributed by atoms with Gasteiger partial charge in [-0.3, -0.25) is 19.6 Å². The highest BCUT2D eigenvalue weighted by atomic mass is 19.1. The van der Waals surface area contributed by atoms with Crippen molar-refractivity contribution in [1.82, 2.24) is 9.78 Å². The lowest BCUT2D eigenvalue weighted by Gasteiger charge is -2.56. The summed E-state index contributed by atoms with van der Waals surface area (Å²) >= 11 is 0. The van der Waals surface area contributed by atoms with E-state index < -0.39 is 16.6 Å². The van der Waals surface area contributed by atoms with Crippen LogP contribution in [0.25, 0.3) is 0 Å². The van der Waals surface area contributed by atoms with E-state index in [9.17, 15) is 19.3 Å². The van der Waals surface area contributed by atoms with Gasteiger partial charge < -0.3 is 5.32 Å². The predicted octanol–water partition coefficient (Wildman–Crippen LogP) is 4.11. The molecule has 6 rings (SSSR count). The van der Waals surface area contributed by atoms with Crippen molar-refractivity contribution in [1.29, 1.82) is 0 Å². The SMILES string of the molecule is O=C(Nc1cccc(F)c1)c1nn(C23CC4CC(CC(C4)C2)C3)cc1[N+](=O)[O-]. The number of carbonyl (C=O) groups excluding carboxylic acids is 1. The predicted molar refractivity (Wildman–Crippen MR) is 99.4 cm³/mol. The first-order valence-corrected chi connectivity index (χ1v) is 9.73. The van der Waals surface area contributed by atoms with Crippen molar-refractivity contribution in [2.45, 2.75) is 44.1 Å². The highest BCUT2D eigenvalue weighted by Gasteiger charge is 2.53. The number of nitrogens with one attached hydrogen (secondary N) is 1. The van der Waals surface area contributed by atoms with Crippen LogP contribution in [0.1, 0.15) is 49.0 Å². The molecular formula is C20H21FN4O3. The minimum Gasteiger partial charge on any atom is -0.320 e. The van der Waals surface area contributed by atoms with Crippen LogP contribution in [0.4, 0.5) is 15.8 Å². The molecule has 8 heteroatoms. The van der Waals surface area contributed by atoms with E-state index in [1.165, 1.54) is 49.7 Å². The highest BCUT2D eigenvalue weighted by molar-refractivity contribution is 6.05. The summed E-state index contributed by atoms with van der Waals surface area (Å²) < 4.78 is 15.1. The molecule has 2 aromatic rings. The monoisotopic (exact) mass is 384 g/mol. The quantitative estimate of drug-likeness (QED) is 0.634. The van der Waals surface area contributed by atoms with Crippen molar-refractivity contribution in [3.05, 3.63) is 52.1 Å². The topological polar surface area (TPSA) is 90.1 Å². The van der Waals surface area contributed by atoms with Crippen LogP contribution in [0.2, 0.25) is 0 Å². The highest BCUT2D eigenvalue weighted by Crippen LogP contribution is 2.58. The molecule has 28 heavy (non-hydrogen) atoms. The Kier molecular flexibility index (Phi) is 3.79. The second kappa shape index (κ2) is 6.12. The van der Waals surface area contributed by atoms with Gasteiger partial charge in [-0.05, 0) is 74.5 Å². The normalized spacial score (nSPS) is 30.4. The van der Waals surface area contributed by atoms with Crippen LogP contribution >= 0.6 is 0 Å². The molecule has 4 aliphatic rings. The number of carbonyl (C=O) groups is 1. The third kappa shape index (κ3) is 2.78. The van der Waals surface area contributed by atoms with Crippen LogP contribution in [0, 0.1) is 33.7 Å². The molecule has 0 atom stereocenters. The summed E-state index contributed by atoms with van der Waals surface area (Å²) in [7, 11) is 0. The van der Waals surface area contributed by atoms with E-state index in [2.05, 4.69) is 10.4 Å². The summed E-state index contributed by atoms with van der Waals surface area (Å²) in [6, 6.07) is 5.43. The molecule has 4 bridgehead atoms. The number of amides is 1.